The van der Waals surface area contributed by atoms with Gasteiger partial charge in [0.1, 0.15) is 11.6 Å². The quantitative estimate of drug-likeness (QED) is 0.810. The number of carbonyl (C=O) groups excluding carboxylic acids is 2. The van der Waals surface area contributed by atoms with Crippen molar-refractivity contribution in [3.63, 3.8) is 0 Å². The predicted molar refractivity (Wildman–Crippen MR) is 81.6 cm³/mol. The first-order valence-electron chi connectivity index (χ1n) is 7.02. The second-order valence-electron chi connectivity index (χ2n) is 5.37. The molecule has 1 amide bonds. The first kappa shape index (κ1) is 18.1. The Morgan fingerprint density at radius 2 is 2.08 bits per heavy atom. The summed E-state index contributed by atoms with van der Waals surface area (Å²) < 4.78 is 53.9. The van der Waals surface area contributed by atoms with Crippen molar-refractivity contribution in [2.24, 2.45) is 5.92 Å². The van der Waals surface area contributed by atoms with Crippen molar-refractivity contribution in [1.82, 2.24) is 0 Å². The maximum absolute atomic E-state index is 13.4. The van der Waals surface area contributed by atoms with E-state index in [2.05, 4.69) is 5.32 Å². The van der Waals surface area contributed by atoms with Crippen molar-refractivity contribution in [2.45, 2.75) is 19.4 Å². The van der Waals surface area contributed by atoms with Crippen LogP contribution in [0.5, 0.6) is 0 Å². The zero-order chi connectivity index (χ0) is 17.9. The molecule has 2 atom stereocenters. The Bertz CT molecular complexity index is 791. The fraction of sp³-hybridized carbons (Fsp3) is 0.333. The lowest BCUT2D eigenvalue weighted by molar-refractivity contribution is -0.153. The van der Waals surface area contributed by atoms with E-state index < -0.39 is 45.4 Å². The van der Waals surface area contributed by atoms with Gasteiger partial charge in [0.05, 0.1) is 17.9 Å². The van der Waals surface area contributed by atoms with Crippen LogP contribution in [0.2, 0.25) is 0 Å². The molecule has 0 aliphatic carbocycles. The summed E-state index contributed by atoms with van der Waals surface area (Å²) >= 11 is 0. The minimum atomic E-state index is -3.28. The summed E-state index contributed by atoms with van der Waals surface area (Å²) in [4.78, 5) is 23.6. The molecular weight excluding hydrogens is 344 g/mol. The van der Waals surface area contributed by atoms with Gasteiger partial charge >= 0.3 is 5.97 Å². The van der Waals surface area contributed by atoms with Gasteiger partial charge in [-0.1, -0.05) is 6.08 Å². The Morgan fingerprint density at radius 3 is 2.71 bits per heavy atom. The highest BCUT2D eigenvalue weighted by Crippen LogP contribution is 2.19. The molecule has 1 aliphatic heterocycles. The van der Waals surface area contributed by atoms with E-state index in [1.807, 2.05) is 0 Å². The minimum Gasteiger partial charge on any atom is -0.453 e. The predicted octanol–water partition coefficient (Wildman–Crippen LogP) is 1.78. The molecule has 0 saturated carbocycles. The molecule has 1 N–H and O–H groups in total. The standard InChI is InChI=1S/C15H15F2NO5S/c1-9(15(20)18-13-7-11(16)2-3-12(13)17)23-14(19)6-10-4-5-24(21,22)8-10/h2-5,7,9-10H,6,8H2,1H3,(H,18,20). The number of rotatable bonds is 5. The molecule has 0 saturated heterocycles. The second-order valence-corrected chi connectivity index (χ2v) is 7.30. The maximum Gasteiger partial charge on any atom is 0.307 e. The highest BCUT2D eigenvalue weighted by atomic mass is 32.2. The molecule has 0 fully saturated rings. The number of anilines is 1. The summed E-state index contributed by atoms with van der Waals surface area (Å²) in [7, 11) is -3.28. The molecule has 0 bridgehead atoms. The summed E-state index contributed by atoms with van der Waals surface area (Å²) in [6.07, 6.45) is -0.0485. The topological polar surface area (TPSA) is 89.5 Å². The van der Waals surface area contributed by atoms with Crippen LogP contribution in [0, 0.1) is 17.6 Å². The van der Waals surface area contributed by atoms with Gasteiger partial charge in [-0.2, -0.15) is 0 Å². The van der Waals surface area contributed by atoms with E-state index >= 15 is 0 Å². The van der Waals surface area contributed by atoms with E-state index in [9.17, 15) is 26.8 Å². The Morgan fingerprint density at radius 1 is 1.38 bits per heavy atom. The first-order chi connectivity index (χ1) is 11.2. The van der Waals surface area contributed by atoms with Crippen LogP contribution in [0.15, 0.2) is 29.7 Å². The average Bonchev–Trinajstić information content (AvgIpc) is 2.81. The third-order valence-corrected chi connectivity index (χ3v) is 4.76. The SMILES string of the molecule is CC(OC(=O)CC1C=CS(=O)(=O)C1)C(=O)Nc1cc(F)ccc1F. The molecule has 0 radical (unpaired) electrons. The van der Waals surface area contributed by atoms with E-state index in [-0.39, 0.29) is 17.9 Å². The van der Waals surface area contributed by atoms with Gasteiger partial charge in [-0.15, -0.1) is 0 Å². The van der Waals surface area contributed by atoms with Gasteiger partial charge in [0, 0.05) is 17.4 Å². The van der Waals surface area contributed by atoms with Crippen LogP contribution in [-0.4, -0.2) is 32.2 Å². The number of ether oxygens (including phenoxy) is 1. The molecule has 0 spiro atoms. The molecule has 130 valence electrons. The number of amides is 1. The first-order valence-corrected chi connectivity index (χ1v) is 8.74. The van der Waals surface area contributed by atoms with Crippen LogP contribution in [0.25, 0.3) is 0 Å². The molecule has 1 heterocycles. The second kappa shape index (κ2) is 7.08. The summed E-state index contributed by atoms with van der Waals surface area (Å²) in [6.45, 7) is 1.27. The molecule has 24 heavy (non-hydrogen) atoms. The summed E-state index contributed by atoms with van der Waals surface area (Å²) in [5.74, 6) is -3.84. The molecule has 2 unspecified atom stereocenters. The Labute approximate surface area is 137 Å². The molecular formula is C15H15F2NO5S. The third kappa shape index (κ3) is 4.85. The number of esters is 1. The van der Waals surface area contributed by atoms with Gasteiger partial charge < -0.3 is 10.1 Å². The van der Waals surface area contributed by atoms with Gasteiger partial charge in [-0.05, 0) is 19.1 Å². The monoisotopic (exact) mass is 359 g/mol. The average molecular weight is 359 g/mol. The summed E-state index contributed by atoms with van der Waals surface area (Å²) in [5, 5.41) is 3.16. The van der Waals surface area contributed by atoms with Crippen molar-refractivity contribution in [3.8, 4) is 0 Å². The zero-order valence-electron chi connectivity index (χ0n) is 12.7. The van der Waals surface area contributed by atoms with E-state index in [0.29, 0.717) is 0 Å². The molecule has 2 rings (SSSR count). The number of sulfone groups is 1. The molecule has 9 heteroatoms. The maximum atomic E-state index is 13.4. The number of allylic oxidation sites excluding steroid dienone is 1. The van der Waals surface area contributed by atoms with Crippen molar-refractivity contribution in [3.05, 3.63) is 41.3 Å². The van der Waals surface area contributed by atoms with Crippen molar-refractivity contribution >= 4 is 27.4 Å². The molecule has 1 aromatic carbocycles. The van der Waals surface area contributed by atoms with Gasteiger partial charge in [0.15, 0.2) is 15.9 Å². The number of benzene rings is 1. The molecule has 1 aliphatic rings. The fourth-order valence-corrected chi connectivity index (χ4v) is 3.51. The van der Waals surface area contributed by atoms with E-state index in [0.717, 1.165) is 23.6 Å². The van der Waals surface area contributed by atoms with Gasteiger partial charge in [-0.25, -0.2) is 17.2 Å². The van der Waals surface area contributed by atoms with Gasteiger partial charge in [-0.3, -0.25) is 9.59 Å². The van der Waals surface area contributed by atoms with Crippen LogP contribution in [0.1, 0.15) is 13.3 Å². The number of hydrogen-bond acceptors (Lipinski definition) is 5. The Kier molecular flexibility index (Phi) is 5.33. The van der Waals surface area contributed by atoms with E-state index in [4.69, 9.17) is 4.74 Å². The number of halogens is 2. The van der Waals surface area contributed by atoms with Crippen molar-refractivity contribution < 1.29 is 31.5 Å². The molecule has 0 aromatic heterocycles. The van der Waals surface area contributed by atoms with Crippen LogP contribution in [-0.2, 0) is 24.2 Å². The summed E-state index contributed by atoms with van der Waals surface area (Å²) in [6, 6.07) is 2.56. The Hall–Kier alpha value is -2.29. The van der Waals surface area contributed by atoms with Crippen LogP contribution in [0.4, 0.5) is 14.5 Å². The van der Waals surface area contributed by atoms with Crippen LogP contribution < -0.4 is 5.32 Å². The minimum absolute atomic E-state index is 0.183. The lowest BCUT2D eigenvalue weighted by Gasteiger charge is -2.15. The number of nitrogens with one attached hydrogen (secondary N) is 1. The number of carbonyl (C=O) groups is 2. The van der Waals surface area contributed by atoms with Crippen LogP contribution in [0.3, 0.4) is 0 Å². The fourth-order valence-electron chi connectivity index (χ4n) is 2.11. The molecule has 6 nitrogen and oxygen atoms in total. The zero-order valence-corrected chi connectivity index (χ0v) is 13.5. The van der Waals surface area contributed by atoms with Crippen molar-refractivity contribution in [1.29, 1.82) is 0 Å². The van der Waals surface area contributed by atoms with E-state index in [1.165, 1.54) is 13.0 Å². The Balaban J connectivity index is 1.88. The van der Waals surface area contributed by atoms with Crippen molar-refractivity contribution in [2.75, 3.05) is 11.1 Å². The highest BCUT2D eigenvalue weighted by molar-refractivity contribution is 7.94. The lowest BCUT2D eigenvalue weighted by Crippen LogP contribution is -2.31. The largest absolute Gasteiger partial charge is 0.453 e. The smallest absolute Gasteiger partial charge is 0.307 e. The third-order valence-electron chi connectivity index (χ3n) is 3.30. The van der Waals surface area contributed by atoms with Gasteiger partial charge in [0.25, 0.3) is 5.91 Å². The number of hydrogen-bond donors (Lipinski definition) is 1. The summed E-state index contributed by atoms with van der Waals surface area (Å²) in [5.41, 5.74) is -0.368. The lowest BCUT2D eigenvalue weighted by atomic mass is 10.1. The van der Waals surface area contributed by atoms with Crippen LogP contribution >= 0.6 is 0 Å². The molecule has 1 aromatic rings. The highest BCUT2D eigenvalue weighted by Gasteiger charge is 2.26. The van der Waals surface area contributed by atoms with Gasteiger partial charge in [0.2, 0.25) is 0 Å². The normalized spacial score (nSPS) is 19.7. The van der Waals surface area contributed by atoms with E-state index in [1.54, 1.807) is 0 Å².